The van der Waals surface area contributed by atoms with Crippen LogP contribution in [0, 0.1) is 5.92 Å². The normalized spacial score (nSPS) is 19.0. The molecule has 2 rings (SSSR count). The molecule has 0 spiro atoms. The molecule has 0 aliphatic carbocycles. The minimum Gasteiger partial charge on any atom is -0.507 e. The molecule has 1 fully saturated rings. The van der Waals surface area contributed by atoms with E-state index in [4.69, 9.17) is 37.2 Å². The van der Waals surface area contributed by atoms with Crippen LogP contribution in [0.25, 0.3) is 0 Å². The molecule has 1 heterocycles. The summed E-state index contributed by atoms with van der Waals surface area (Å²) in [6.45, 7) is 3.44. The van der Waals surface area contributed by atoms with Crippen LogP contribution < -0.4 is 10.6 Å². The largest absolute Gasteiger partial charge is 0.552 e. The lowest BCUT2D eigenvalue weighted by atomic mass is 9.72. The average Bonchev–Trinajstić information content (AvgIpc) is 2.76. The number of nitrogens with zero attached hydrogens (tertiary/aromatic N) is 1. The Kier molecular flexibility index (Phi) is 10.2. The van der Waals surface area contributed by atoms with E-state index in [0.717, 1.165) is 0 Å². The van der Waals surface area contributed by atoms with Crippen molar-refractivity contribution >= 4 is 54.1 Å². The third kappa shape index (κ3) is 7.33. The first-order valence-corrected chi connectivity index (χ1v) is 11.3. The van der Waals surface area contributed by atoms with Crippen LogP contribution in [-0.2, 0) is 28.4 Å². The zero-order valence-corrected chi connectivity index (χ0v) is 21.1. The highest BCUT2D eigenvalue weighted by atomic mass is 35.5. The van der Waals surface area contributed by atoms with Crippen molar-refractivity contribution in [3.8, 4) is 0 Å². The first kappa shape index (κ1) is 27.9. The molecule has 3 atom stereocenters. The van der Waals surface area contributed by atoms with Crippen LogP contribution in [0.2, 0.25) is 10.0 Å². The van der Waals surface area contributed by atoms with E-state index < -0.39 is 49.0 Å². The van der Waals surface area contributed by atoms with Crippen molar-refractivity contribution in [1.82, 2.24) is 15.5 Å². The predicted molar refractivity (Wildman–Crippen MR) is 126 cm³/mol. The summed E-state index contributed by atoms with van der Waals surface area (Å²) in [4.78, 5) is 51.4. The van der Waals surface area contributed by atoms with Crippen molar-refractivity contribution in [3.05, 3.63) is 33.8 Å². The van der Waals surface area contributed by atoms with Crippen molar-refractivity contribution < 1.29 is 33.2 Å². The fourth-order valence-electron chi connectivity index (χ4n) is 3.44. The molecular formula is C21H28BCl2N3O7. The summed E-state index contributed by atoms with van der Waals surface area (Å²) in [5, 5.41) is 5.69. The molecule has 0 aromatic heterocycles. The van der Waals surface area contributed by atoms with Gasteiger partial charge in [-0.25, -0.2) is 4.79 Å². The number of nitrogens with one attached hydrogen (secondary N) is 2. The van der Waals surface area contributed by atoms with Gasteiger partial charge in [-0.2, -0.15) is 0 Å². The molecule has 1 aliphatic heterocycles. The Morgan fingerprint density at radius 3 is 2.50 bits per heavy atom. The summed E-state index contributed by atoms with van der Waals surface area (Å²) >= 11 is 11.9. The van der Waals surface area contributed by atoms with Gasteiger partial charge in [-0.1, -0.05) is 37.0 Å². The molecule has 0 bridgehead atoms. The maximum Gasteiger partial charge on any atom is 0.552 e. The highest BCUT2D eigenvalue weighted by Gasteiger charge is 2.51. The summed E-state index contributed by atoms with van der Waals surface area (Å²) in [7, 11) is 3.18. The van der Waals surface area contributed by atoms with E-state index in [9.17, 15) is 19.2 Å². The van der Waals surface area contributed by atoms with Crippen LogP contribution >= 0.6 is 23.2 Å². The number of hydrogen-bond acceptors (Lipinski definition) is 8. The Morgan fingerprint density at radius 1 is 1.24 bits per heavy atom. The second-order valence-electron chi connectivity index (χ2n) is 8.40. The van der Waals surface area contributed by atoms with Gasteiger partial charge in [0.05, 0.1) is 30.2 Å². The van der Waals surface area contributed by atoms with E-state index in [-0.39, 0.29) is 23.0 Å². The van der Waals surface area contributed by atoms with E-state index in [1.54, 1.807) is 14.1 Å². The number of esters is 1. The van der Waals surface area contributed by atoms with Crippen molar-refractivity contribution in [2.45, 2.75) is 38.4 Å². The second-order valence-corrected chi connectivity index (χ2v) is 9.25. The topological polar surface area (TPSA) is 123 Å². The molecule has 10 nitrogen and oxygen atoms in total. The van der Waals surface area contributed by atoms with Gasteiger partial charge in [0.2, 0.25) is 5.91 Å². The fourth-order valence-corrected chi connectivity index (χ4v) is 3.82. The number of carbonyl (C=O) groups excluding carboxylic acids is 4. The third-order valence-electron chi connectivity index (χ3n) is 5.01. The average molecular weight is 516 g/mol. The van der Waals surface area contributed by atoms with Gasteiger partial charge in [0, 0.05) is 5.02 Å². The molecule has 2 amide bonds. The molecule has 0 unspecified atom stereocenters. The number of likely N-dealkylation sites (N-methyl/N-ethyl adjacent to an activating group) is 1. The standard InChI is InChI=1S/C21H28BCl2N3O7/c1-11(2)8-15(22-33-18(21(31)32-5)17(27(3)4)20(30)34-22)26-16(28)10-25-19(29)13-9-12(23)6-7-14(13)24/h6-7,9,11,15,17-18H,8,10H2,1-5H3,(H,25,29)(H,26,28)/t15-,17+,18+/m0/s1. The molecule has 186 valence electrons. The molecule has 1 saturated heterocycles. The van der Waals surface area contributed by atoms with Gasteiger partial charge in [0.15, 0.2) is 6.10 Å². The maximum absolute atomic E-state index is 12.6. The lowest BCUT2D eigenvalue weighted by Crippen LogP contribution is -2.64. The SMILES string of the molecule is COC(=O)[C@@H]1OB([C@H](CC(C)C)NC(=O)CNC(=O)c2cc(Cl)ccc2Cl)OC(=O)[C@@H]1N(C)C. The highest BCUT2D eigenvalue weighted by molar-refractivity contribution is 6.50. The number of methoxy groups -OCH3 is 1. The number of halogens is 2. The van der Waals surface area contributed by atoms with E-state index >= 15 is 0 Å². The van der Waals surface area contributed by atoms with Crippen LogP contribution in [0.15, 0.2) is 18.2 Å². The summed E-state index contributed by atoms with van der Waals surface area (Å²) in [5.74, 6) is -3.25. The Labute approximate surface area is 208 Å². The molecule has 13 heteroatoms. The van der Waals surface area contributed by atoms with Gasteiger partial charge in [-0.05, 0) is 44.6 Å². The summed E-state index contributed by atoms with van der Waals surface area (Å²) in [6, 6.07) is 3.41. The molecule has 1 aromatic rings. The van der Waals surface area contributed by atoms with Gasteiger partial charge in [-0.3, -0.25) is 19.3 Å². The smallest absolute Gasteiger partial charge is 0.507 e. The fraction of sp³-hybridized carbons (Fsp3) is 0.524. The van der Waals surface area contributed by atoms with Crippen LogP contribution in [0.4, 0.5) is 0 Å². The van der Waals surface area contributed by atoms with E-state index in [1.165, 1.54) is 30.2 Å². The third-order valence-corrected chi connectivity index (χ3v) is 5.58. The molecule has 34 heavy (non-hydrogen) atoms. The Hall–Kier alpha value is -2.34. The molecule has 2 N–H and O–H groups in total. The number of hydrogen-bond donors (Lipinski definition) is 2. The van der Waals surface area contributed by atoms with Crippen molar-refractivity contribution in [3.63, 3.8) is 0 Å². The minimum atomic E-state index is -1.23. The van der Waals surface area contributed by atoms with Gasteiger partial charge in [0.1, 0.15) is 6.04 Å². The Morgan fingerprint density at radius 2 is 1.91 bits per heavy atom. The lowest BCUT2D eigenvalue weighted by molar-refractivity contribution is -0.167. The van der Waals surface area contributed by atoms with Crippen molar-refractivity contribution in [2.75, 3.05) is 27.7 Å². The number of carbonyl (C=O) groups is 4. The number of ether oxygens (including phenoxy) is 1. The number of amides is 2. The van der Waals surface area contributed by atoms with Crippen molar-refractivity contribution in [1.29, 1.82) is 0 Å². The monoisotopic (exact) mass is 515 g/mol. The predicted octanol–water partition coefficient (Wildman–Crippen LogP) is 1.33. The molecule has 1 aliphatic rings. The van der Waals surface area contributed by atoms with Crippen LogP contribution in [0.3, 0.4) is 0 Å². The zero-order chi connectivity index (χ0) is 25.6. The summed E-state index contributed by atoms with van der Waals surface area (Å²) < 4.78 is 16.0. The lowest BCUT2D eigenvalue weighted by Gasteiger charge is -2.38. The van der Waals surface area contributed by atoms with Gasteiger partial charge in [-0.15, -0.1) is 0 Å². The molecule has 0 radical (unpaired) electrons. The molecular weight excluding hydrogens is 488 g/mol. The van der Waals surface area contributed by atoms with E-state index in [0.29, 0.717) is 11.4 Å². The Balaban J connectivity index is 2.10. The van der Waals surface area contributed by atoms with Gasteiger partial charge < -0.3 is 24.7 Å². The molecule has 0 saturated carbocycles. The van der Waals surface area contributed by atoms with Gasteiger partial charge in [0.25, 0.3) is 5.91 Å². The summed E-state index contributed by atoms with van der Waals surface area (Å²) in [6.07, 6.45) is -0.861. The second kappa shape index (κ2) is 12.4. The summed E-state index contributed by atoms with van der Waals surface area (Å²) in [5.41, 5.74) is 0.126. The van der Waals surface area contributed by atoms with E-state index in [1.807, 2.05) is 13.8 Å². The first-order valence-electron chi connectivity index (χ1n) is 10.6. The minimum absolute atomic E-state index is 0.0793. The van der Waals surface area contributed by atoms with E-state index in [2.05, 4.69) is 10.6 Å². The number of rotatable bonds is 9. The first-order chi connectivity index (χ1) is 15.9. The molecule has 1 aromatic carbocycles. The maximum atomic E-state index is 12.6. The Bertz CT molecular complexity index is 932. The quantitative estimate of drug-likeness (QED) is 0.373. The van der Waals surface area contributed by atoms with Crippen LogP contribution in [-0.4, -0.2) is 81.6 Å². The number of benzene rings is 1. The van der Waals surface area contributed by atoms with Gasteiger partial charge >= 0.3 is 19.1 Å². The van der Waals surface area contributed by atoms with Crippen molar-refractivity contribution in [2.24, 2.45) is 5.92 Å². The van der Waals surface area contributed by atoms with Crippen LogP contribution in [0.5, 0.6) is 0 Å². The highest BCUT2D eigenvalue weighted by Crippen LogP contribution is 2.22. The van der Waals surface area contributed by atoms with Crippen LogP contribution in [0.1, 0.15) is 30.6 Å². The zero-order valence-electron chi connectivity index (χ0n) is 19.6.